The molecule has 0 aliphatic rings. The molecule has 0 saturated heterocycles. The lowest BCUT2D eigenvalue weighted by atomic mass is 9.99. The van der Waals surface area contributed by atoms with Gasteiger partial charge < -0.3 is 11.1 Å². The molecular formula is C19H22N6O3. The Morgan fingerprint density at radius 3 is 2.64 bits per heavy atom. The van der Waals surface area contributed by atoms with Crippen LogP contribution in [0, 0.1) is 0 Å². The number of carbonyl (C=O) groups excluding carboxylic acids is 1. The second-order valence-electron chi connectivity index (χ2n) is 6.55. The molecule has 3 aromatic rings. The van der Waals surface area contributed by atoms with Gasteiger partial charge in [0.05, 0.1) is 10.9 Å². The first-order valence-corrected chi connectivity index (χ1v) is 8.92. The van der Waals surface area contributed by atoms with Gasteiger partial charge in [-0.15, -0.1) is 0 Å². The fraction of sp³-hybridized carbons (Fsp3) is 0.316. The van der Waals surface area contributed by atoms with Crippen molar-refractivity contribution in [3.05, 3.63) is 62.1 Å². The van der Waals surface area contributed by atoms with Crippen molar-refractivity contribution >= 4 is 22.8 Å². The number of nitrogen functional groups attached to an aromatic ring is 1. The van der Waals surface area contributed by atoms with Gasteiger partial charge in [0.1, 0.15) is 5.82 Å². The molecule has 0 aromatic carbocycles. The van der Waals surface area contributed by atoms with E-state index in [1.54, 1.807) is 18.5 Å². The summed E-state index contributed by atoms with van der Waals surface area (Å²) in [4.78, 5) is 46.1. The number of hydrogen-bond donors (Lipinski definition) is 2. The van der Waals surface area contributed by atoms with Gasteiger partial charge in [-0.25, -0.2) is 9.78 Å². The van der Waals surface area contributed by atoms with E-state index in [0.717, 1.165) is 10.1 Å². The van der Waals surface area contributed by atoms with Gasteiger partial charge in [-0.05, 0) is 23.6 Å². The average molecular weight is 382 g/mol. The number of pyridine rings is 2. The first kappa shape index (κ1) is 19.3. The third kappa shape index (κ3) is 3.26. The molecule has 0 fully saturated rings. The molecule has 3 aromatic heterocycles. The molecule has 146 valence electrons. The number of carbonyl (C=O) groups is 1. The highest BCUT2D eigenvalue weighted by Crippen LogP contribution is 2.23. The lowest BCUT2D eigenvalue weighted by Gasteiger charge is -2.16. The number of aromatic nitrogens is 4. The molecule has 3 rings (SSSR count). The van der Waals surface area contributed by atoms with Crippen LogP contribution in [0.5, 0.6) is 0 Å². The molecule has 0 saturated carbocycles. The number of hydrogen-bond acceptors (Lipinski definition) is 6. The summed E-state index contributed by atoms with van der Waals surface area (Å²) in [7, 11) is 2.92. The van der Waals surface area contributed by atoms with Crippen LogP contribution in [-0.2, 0) is 27.1 Å². The topological polar surface area (TPSA) is 125 Å². The summed E-state index contributed by atoms with van der Waals surface area (Å²) in [5, 5.41) is 3.05. The van der Waals surface area contributed by atoms with Crippen LogP contribution in [0.4, 0.5) is 5.82 Å². The fourth-order valence-corrected chi connectivity index (χ4v) is 3.20. The molecule has 0 aliphatic heterocycles. The van der Waals surface area contributed by atoms with E-state index in [1.165, 1.54) is 18.7 Å². The average Bonchev–Trinajstić information content (AvgIpc) is 2.69. The maximum Gasteiger partial charge on any atom is 0.332 e. The number of nitrogens with one attached hydrogen (secondary N) is 1. The van der Waals surface area contributed by atoms with Gasteiger partial charge in [0.2, 0.25) is 0 Å². The summed E-state index contributed by atoms with van der Waals surface area (Å²) < 4.78 is 2.28. The zero-order valence-corrected chi connectivity index (χ0v) is 16.0. The zero-order valence-electron chi connectivity index (χ0n) is 16.0. The highest BCUT2D eigenvalue weighted by Gasteiger charge is 2.23. The van der Waals surface area contributed by atoms with E-state index in [-0.39, 0.29) is 29.0 Å². The largest absolute Gasteiger partial charge is 0.383 e. The molecular weight excluding hydrogens is 360 g/mol. The molecule has 9 heteroatoms. The van der Waals surface area contributed by atoms with Crippen molar-refractivity contribution in [2.24, 2.45) is 14.1 Å². The normalized spacial score (nSPS) is 11.0. The summed E-state index contributed by atoms with van der Waals surface area (Å²) in [5.74, 6) is -0.432. The lowest BCUT2D eigenvalue weighted by molar-refractivity contribution is 0.0950. The highest BCUT2D eigenvalue weighted by atomic mass is 16.2. The number of aryl methyl sites for hydroxylation is 2. The van der Waals surface area contributed by atoms with Crippen LogP contribution < -0.4 is 22.3 Å². The van der Waals surface area contributed by atoms with Crippen molar-refractivity contribution in [3.8, 4) is 0 Å². The minimum atomic E-state index is -0.499. The fourth-order valence-electron chi connectivity index (χ4n) is 3.20. The highest BCUT2D eigenvalue weighted by molar-refractivity contribution is 6.03. The van der Waals surface area contributed by atoms with Crippen molar-refractivity contribution in [1.82, 2.24) is 24.4 Å². The predicted octanol–water partition coefficient (Wildman–Crippen LogP) is 0.492. The van der Waals surface area contributed by atoms with Crippen LogP contribution in [0.2, 0.25) is 0 Å². The smallest absolute Gasteiger partial charge is 0.332 e. The standard InChI is InChI=1S/C19H22N6O3/c1-4-6-12-13(17(26)22-10-11-7-5-8-21-9-11)15(20)23-16-14(12)18(27)25(3)19(28)24(16)2/h5,7-9H,4,6,10H2,1-3H3,(H2,20,23)(H,22,26). The van der Waals surface area contributed by atoms with Crippen molar-refractivity contribution in [3.63, 3.8) is 0 Å². The summed E-state index contributed by atoms with van der Waals surface area (Å²) in [6, 6.07) is 3.62. The van der Waals surface area contributed by atoms with Gasteiger partial charge in [-0.2, -0.15) is 0 Å². The number of anilines is 1. The van der Waals surface area contributed by atoms with Crippen LogP contribution in [0.25, 0.3) is 11.0 Å². The summed E-state index contributed by atoms with van der Waals surface area (Å²) in [6.45, 7) is 2.20. The van der Waals surface area contributed by atoms with E-state index in [4.69, 9.17) is 5.73 Å². The molecule has 0 spiro atoms. The van der Waals surface area contributed by atoms with Crippen LogP contribution >= 0.6 is 0 Å². The molecule has 9 nitrogen and oxygen atoms in total. The quantitative estimate of drug-likeness (QED) is 0.662. The molecule has 28 heavy (non-hydrogen) atoms. The lowest BCUT2D eigenvalue weighted by Crippen LogP contribution is -2.38. The van der Waals surface area contributed by atoms with E-state index >= 15 is 0 Å². The van der Waals surface area contributed by atoms with Crippen molar-refractivity contribution in [2.75, 3.05) is 5.73 Å². The van der Waals surface area contributed by atoms with E-state index in [9.17, 15) is 14.4 Å². The second-order valence-corrected chi connectivity index (χ2v) is 6.55. The van der Waals surface area contributed by atoms with E-state index < -0.39 is 17.2 Å². The van der Waals surface area contributed by atoms with E-state index in [0.29, 0.717) is 18.4 Å². The Labute approximate surface area is 160 Å². The van der Waals surface area contributed by atoms with Gasteiger partial charge in [-0.1, -0.05) is 19.4 Å². The minimum Gasteiger partial charge on any atom is -0.383 e. The van der Waals surface area contributed by atoms with Crippen LogP contribution in [0.1, 0.15) is 34.8 Å². The zero-order chi connectivity index (χ0) is 20.4. The van der Waals surface area contributed by atoms with Crippen molar-refractivity contribution < 1.29 is 4.79 Å². The minimum absolute atomic E-state index is 0.0112. The molecule has 1 amide bonds. The monoisotopic (exact) mass is 382 g/mol. The maximum absolute atomic E-state index is 12.9. The van der Waals surface area contributed by atoms with E-state index in [2.05, 4.69) is 15.3 Å². The number of amides is 1. The summed E-state index contributed by atoms with van der Waals surface area (Å²) in [6.07, 6.45) is 4.44. The van der Waals surface area contributed by atoms with Crippen LogP contribution in [0.3, 0.4) is 0 Å². The van der Waals surface area contributed by atoms with Gasteiger partial charge in [0, 0.05) is 33.0 Å². The van der Waals surface area contributed by atoms with Crippen LogP contribution in [-0.4, -0.2) is 25.0 Å². The van der Waals surface area contributed by atoms with E-state index in [1.807, 2.05) is 13.0 Å². The Kier molecular flexibility index (Phi) is 5.25. The summed E-state index contributed by atoms with van der Waals surface area (Å²) in [5.41, 5.74) is 6.79. The Morgan fingerprint density at radius 1 is 1.25 bits per heavy atom. The molecule has 3 heterocycles. The van der Waals surface area contributed by atoms with Gasteiger partial charge in [0.25, 0.3) is 11.5 Å². The Morgan fingerprint density at radius 2 is 2.00 bits per heavy atom. The Bertz CT molecular complexity index is 1160. The molecule has 0 radical (unpaired) electrons. The first-order chi connectivity index (χ1) is 13.4. The maximum atomic E-state index is 12.9. The number of rotatable bonds is 5. The van der Waals surface area contributed by atoms with Crippen LogP contribution in [0.15, 0.2) is 34.1 Å². The summed E-state index contributed by atoms with van der Waals surface area (Å²) >= 11 is 0. The van der Waals surface area contributed by atoms with Gasteiger partial charge in [-0.3, -0.25) is 23.7 Å². The molecule has 0 unspecified atom stereocenters. The third-order valence-electron chi connectivity index (χ3n) is 4.62. The van der Waals surface area contributed by atoms with Crippen molar-refractivity contribution in [1.29, 1.82) is 0 Å². The molecule has 0 atom stereocenters. The SMILES string of the molecule is CCCc1c(C(=O)NCc2cccnc2)c(N)nc2c1c(=O)n(C)c(=O)n2C. The van der Waals surface area contributed by atoms with Gasteiger partial charge >= 0.3 is 5.69 Å². The third-order valence-corrected chi connectivity index (χ3v) is 4.62. The first-order valence-electron chi connectivity index (χ1n) is 8.92. The second kappa shape index (κ2) is 7.63. The van der Waals surface area contributed by atoms with Crippen molar-refractivity contribution in [2.45, 2.75) is 26.3 Å². The van der Waals surface area contributed by atoms with Gasteiger partial charge in [0.15, 0.2) is 5.65 Å². The Hall–Kier alpha value is -3.49. The Balaban J connectivity index is 2.18. The number of nitrogens with zero attached hydrogens (tertiary/aromatic N) is 4. The number of fused-ring (bicyclic) bond motifs is 1. The number of nitrogens with two attached hydrogens (primary N) is 1. The molecule has 3 N–H and O–H groups in total. The molecule has 0 bridgehead atoms. The molecule has 0 aliphatic carbocycles. The predicted molar refractivity (Wildman–Crippen MR) is 106 cm³/mol.